The van der Waals surface area contributed by atoms with E-state index in [0.29, 0.717) is 18.7 Å². The van der Waals surface area contributed by atoms with Gasteiger partial charge in [0.2, 0.25) is 5.91 Å². The predicted molar refractivity (Wildman–Crippen MR) is 96.6 cm³/mol. The van der Waals surface area contributed by atoms with Gasteiger partial charge in [-0.3, -0.25) is 9.52 Å². The summed E-state index contributed by atoms with van der Waals surface area (Å²) >= 11 is 0. The van der Waals surface area contributed by atoms with Gasteiger partial charge in [0.25, 0.3) is 10.0 Å². The zero-order valence-electron chi connectivity index (χ0n) is 14.5. The molecular formula is C18H19FN2O4S. The van der Waals surface area contributed by atoms with Crippen molar-refractivity contribution in [2.45, 2.75) is 25.2 Å². The number of fused-ring (bicyclic) bond motifs is 1. The van der Waals surface area contributed by atoms with Gasteiger partial charge in [0.15, 0.2) is 11.6 Å². The second kappa shape index (κ2) is 6.95. The van der Waals surface area contributed by atoms with Gasteiger partial charge in [-0.25, -0.2) is 12.8 Å². The third-order valence-corrected chi connectivity index (χ3v) is 5.50. The standard InChI is InChI=1S/C18H19FN2O4S/c1-3-25-18-7-5-15(11-16(18)19)26(23,24)20-14-4-6-17-13(10-14)8-9-21(17)12(2)22/h4-7,10-11,20H,3,8-9H2,1-2H3. The SMILES string of the molecule is CCOc1ccc(S(=O)(=O)Nc2ccc3c(c2)CCN3C(C)=O)cc1F. The van der Waals surface area contributed by atoms with Gasteiger partial charge in [-0.15, -0.1) is 0 Å². The molecule has 1 heterocycles. The third kappa shape index (κ3) is 3.50. The summed E-state index contributed by atoms with van der Waals surface area (Å²) in [7, 11) is -3.94. The molecular weight excluding hydrogens is 359 g/mol. The number of nitrogens with zero attached hydrogens (tertiary/aromatic N) is 1. The zero-order chi connectivity index (χ0) is 18.9. The highest BCUT2D eigenvalue weighted by molar-refractivity contribution is 7.92. The Labute approximate surface area is 151 Å². The minimum atomic E-state index is -3.94. The topological polar surface area (TPSA) is 75.7 Å². The van der Waals surface area contributed by atoms with E-state index >= 15 is 0 Å². The third-order valence-electron chi connectivity index (χ3n) is 4.12. The number of benzene rings is 2. The van der Waals surface area contributed by atoms with Crippen LogP contribution in [0.15, 0.2) is 41.3 Å². The van der Waals surface area contributed by atoms with E-state index < -0.39 is 15.8 Å². The van der Waals surface area contributed by atoms with E-state index in [9.17, 15) is 17.6 Å². The quantitative estimate of drug-likeness (QED) is 0.868. The molecule has 1 amide bonds. The second-order valence-corrected chi connectivity index (χ2v) is 7.58. The molecule has 0 saturated heterocycles. The van der Waals surface area contributed by atoms with E-state index in [1.807, 2.05) is 0 Å². The molecule has 0 unspecified atom stereocenters. The summed E-state index contributed by atoms with van der Waals surface area (Å²) in [6.45, 7) is 4.07. The van der Waals surface area contributed by atoms with Gasteiger partial charge in [0.1, 0.15) is 0 Å². The number of anilines is 2. The Balaban J connectivity index is 1.84. The number of sulfonamides is 1. The number of amides is 1. The lowest BCUT2D eigenvalue weighted by Gasteiger charge is -2.15. The van der Waals surface area contributed by atoms with Crippen molar-refractivity contribution < 1.29 is 22.3 Å². The first-order valence-corrected chi connectivity index (χ1v) is 9.66. The lowest BCUT2D eigenvalue weighted by Crippen LogP contribution is -2.25. The van der Waals surface area contributed by atoms with Crippen molar-refractivity contribution >= 4 is 27.3 Å². The smallest absolute Gasteiger partial charge is 0.262 e. The van der Waals surface area contributed by atoms with Gasteiger partial charge in [-0.1, -0.05) is 0 Å². The highest BCUT2D eigenvalue weighted by atomic mass is 32.2. The maximum atomic E-state index is 14.0. The average molecular weight is 378 g/mol. The summed E-state index contributed by atoms with van der Waals surface area (Å²) in [4.78, 5) is 13.0. The number of carbonyl (C=O) groups excluding carboxylic acids is 1. The Hall–Kier alpha value is -2.61. The molecule has 1 N–H and O–H groups in total. The van der Waals surface area contributed by atoms with Crippen molar-refractivity contribution in [3.05, 3.63) is 47.8 Å². The number of halogens is 1. The van der Waals surface area contributed by atoms with Gasteiger partial charge in [-0.2, -0.15) is 0 Å². The molecule has 1 aliphatic heterocycles. The first kappa shape index (κ1) is 18.2. The van der Waals surface area contributed by atoms with Crippen LogP contribution in [-0.4, -0.2) is 27.5 Å². The lowest BCUT2D eigenvalue weighted by atomic mass is 10.1. The molecule has 3 rings (SSSR count). The number of rotatable bonds is 5. The summed E-state index contributed by atoms with van der Waals surface area (Å²) in [5, 5.41) is 0. The minimum absolute atomic E-state index is 0.00769. The van der Waals surface area contributed by atoms with E-state index in [2.05, 4.69) is 4.72 Å². The van der Waals surface area contributed by atoms with E-state index in [0.717, 1.165) is 17.3 Å². The van der Waals surface area contributed by atoms with Crippen molar-refractivity contribution in [3.8, 4) is 5.75 Å². The van der Waals surface area contributed by atoms with Crippen molar-refractivity contribution in [1.82, 2.24) is 0 Å². The van der Waals surface area contributed by atoms with Gasteiger partial charge < -0.3 is 9.64 Å². The fraction of sp³-hybridized carbons (Fsp3) is 0.278. The second-order valence-electron chi connectivity index (χ2n) is 5.89. The summed E-state index contributed by atoms with van der Waals surface area (Å²) in [5.74, 6) is -0.781. The van der Waals surface area contributed by atoms with Crippen molar-refractivity contribution in [2.24, 2.45) is 0 Å². The van der Waals surface area contributed by atoms with Crippen LogP contribution >= 0.6 is 0 Å². The van der Waals surface area contributed by atoms with E-state index in [1.165, 1.54) is 19.1 Å². The predicted octanol–water partition coefficient (Wildman–Crippen LogP) is 2.93. The molecule has 0 radical (unpaired) electrons. The molecule has 0 bridgehead atoms. The lowest BCUT2D eigenvalue weighted by molar-refractivity contribution is -0.116. The van der Waals surface area contributed by atoms with Crippen LogP contribution < -0.4 is 14.4 Å². The van der Waals surface area contributed by atoms with Gasteiger partial charge in [0.05, 0.1) is 11.5 Å². The van der Waals surface area contributed by atoms with Crippen molar-refractivity contribution in [1.29, 1.82) is 0 Å². The number of hydrogen-bond acceptors (Lipinski definition) is 4. The van der Waals surface area contributed by atoms with Crippen LogP contribution in [0.2, 0.25) is 0 Å². The maximum absolute atomic E-state index is 14.0. The van der Waals surface area contributed by atoms with Crippen LogP contribution in [0.5, 0.6) is 5.75 Å². The Morgan fingerprint density at radius 1 is 1.27 bits per heavy atom. The molecule has 0 fully saturated rings. The summed E-state index contributed by atoms with van der Waals surface area (Å²) in [5.41, 5.74) is 2.04. The molecule has 0 atom stereocenters. The minimum Gasteiger partial charge on any atom is -0.491 e. The highest BCUT2D eigenvalue weighted by Gasteiger charge is 2.23. The molecule has 0 spiro atoms. The molecule has 2 aromatic carbocycles. The van der Waals surface area contributed by atoms with Gasteiger partial charge in [0, 0.05) is 24.8 Å². The van der Waals surface area contributed by atoms with E-state index in [4.69, 9.17) is 4.74 Å². The first-order valence-electron chi connectivity index (χ1n) is 8.18. The van der Waals surface area contributed by atoms with Crippen molar-refractivity contribution in [3.63, 3.8) is 0 Å². The Kier molecular flexibility index (Phi) is 4.86. The van der Waals surface area contributed by atoms with Crippen LogP contribution in [0.3, 0.4) is 0 Å². The molecule has 138 valence electrons. The molecule has 0 aliphatic carbocycles. The maximum Gasteiger partial charge on any atom is 0.262 e. The van der Waals surface area contributed by atoms with Crippen LogP contribution in [0.4, 0.5) is 15.8 Å². The Morgan fingerprint density at radius 3 is 2.69 bits per heavy atom. The summed E-state index contributed by atoms with van der Waals surface area (Å²) < 4.78 is 46.5. The molecule has 0 saturated carbocycles. The van der Waals surface area contributed by atoms with Crippen LogP contribution in [0.1, 0.15) is 19.4 Å². The number of carbonyl (C=O) groups is 1. The molecule has 2 aromatic rings. The number of ether oxygens (including phenoxy) is 1. The zero-order valence-corrected chi connectivity index (χ0v) is 15.3. The molecule has 8 heteroatoms. The fourth-order valence-corrected chi connectivity index (χ4v) is 3.99. The highest BCUT2D eigenvalue weighted by Crippen LogP contribution is 2.31. The summed E-state index contributed by atoms with van der Waals surface area (Å²) in [6.07, 6.45) is 0.655. The van der Waals surface area contributed by atoms with Crippen molar-refractivity contribution in [2.75, 3.05) is 22.8 Å². The molecule has 26 heavy (non-hydrogen) atoms. The largest absolute Gasteiger partial charge is 0.491 e. The summed E-state index contributed by atoms with van der Waals surface area (Å²) in [6, 6.07) is 8.50. The van der Waals surface area contributed by atoms with Crippen LogP contribution in [0.25, 0.3) is 0 Å². The average Bonchev–Trinajstić information content (AvgIpc) is 2.99. The Bertz CT molecular complexity index is 960. The molecule has 0 aromatic heterocycles. The fourth-order valence-electron chi connectivity index (χ4n) is 2.93. The number of hydrogen-bond donors (Lipinski definition) is 1. The van der Waals surface area contributed by atoms with Crippen LogP contribution in [0, 0.1) is 5.82 Å². The first-order chi connectivity index (χ1) is 12.3. The van der Waals surface area contributed by atoms with Crippen LogP contribution in [-0.2, 0) is 21.2 Å². The normalized spacial score (nSPS) is 13.4. The van der Waals surface area contributed by atoms with Gasteiger partial charge >= 0.3 is 0 Å². The molecule has 1 aliphatic rings. The van der Waals surface area contributed by atoms with E-state index in [1.54, 1.807) is 30.0 Å². The monoisotopic (exact) mass is 378 g/mol. The molecule has 6 nitrogen and oxygen atoms in total. The van der Waals surface area contributed by atoms with Gasteiger partial charge in [-0.05, 0) is 55.3 Å². The Morgan fingerprint density at radius 2 is 2.04 bits per heavy atom. The number of nitrogens with one attached hydrogen (secondary N) is 1. The van der Waals surface area contributed by atoms with E-state index in [-0.39, 0.29) is 23.2 Å².